The molecule has 128 valence electrons. The molecule has 6 heteroatoms. The van der Waals surface area contributed by atoms with Crippen molar-refractivity contribution in [2.45, 2.75) is 6.54 Å². The van der Waals surface area contributed by atoms with Crippen molar-refractivity contribution in [3.8, 4) is 11.4 Å². The summed E-state index contributed by atoms with van der Waals surface area (Å²) < 4.78 is 12.3. The van der Waals surface area contributed by atoms with Crippen LogP contribution in [-0.2, 0) is 6.54 Å². The lowest BCUT2D eigenvalue weighted by Crippen LogP contribution is -2.30. The summed E-state index contributed by atoms with van der Waals surface area (Å²) in [6.45, 7) is 4.51. The van der Waals surface area contributed by atoms with Crippen molar-refractivity contribution in [3.05, 3.63) is 79.0 Å². The highest BCUT2D eigenvalue weighted by Gasteiger charge is 2.18. The number of carbonyl (C=O) groups excluding carboxylic acids is 1. The molecular weight excluding hydrogens is 318 g/mol. The molecule has 3 aromatic rings. The summed E-state index contributed by atoms with van der Waals surface area (Å²) in [5, 5.41) is 4.30. The van der Waals surface area contributed by atoms with Crippen LogP contribution in [0.2, 0.25) is 0 Å². The van der Waals surface area contributed by atoms with E-state index in [1.165, 1.54) is 0 Å². The Kier molecular flexibility index (Phi) is 4.99. The topological polar surface area (TPSA) is 60.5 Å². The van der Waals surface area contributed by atoms with Gasteiger partial charge in [-0.1, -0.05) is 18.2 Å². The largest absolute Gasteiger partial charge is 0.494 e. The molecule has 0 aliphatic carbocycles. The van der Waals surface area contributed by atoms with Gasteiger partial charge in [0.1, 0.15) is 17.2 Å². The number of rotatable bonds is 7. The molecule has 0 bridgehead atoms. The van der Waals surface area contributed by atoms with Crippen molar-refractivity contribution in [1.29, 1.82) is 0 Å². The van der Waals surface area contributed by atoms with Gasteiger partial charge in [0.15, 0.2) is 0 Å². The zero-order valence-electron chi connectivity index (χ0n) is 14.0. The van der Waals surface area contributed by atoms with Gasteiger partial charge in [-0.2, -0.15) is 5.10 Å². The standard InChI is InChI=1S/C19H19N3O3/c1-3-10-21(14-16-7-6-11-25-16)19(23)15-12-20-22(13-15)17-8-4-5-9-18(17)24-2/h3-9,11-13H,1,10,14H2,2H3. The number of hydrogen-bond acceptors (Lipinski definition) is 4. The number of methoxy groups -OCH3 is 1. The molecule has 0 fully saturated rings. The fraction of sp³-hybridized carbons (Fsp3) is 0.158. The summed E-state index contributed by atoms with van der Waals surface area (Å²) in [4.78, 5) is 14.5. The van der Waals surface area contributed by atoms with Gasteiger partial charge >= 0.3 is 0 Å². The van der Waals surface area contributed by atoms with E-state index in [1.807, 2.05) is 30.3 Å². The molecule has 0 aliphatic rings. The summed E-state index contributed by atoms with van der Waals surface area (Å²) in [6, 6.07) is 11.1. The van der Waals surface area contributed by atoms with Crippen LogP contribution in [0, 0.1) is 0 Å². The molecule has 1 aromatic carbocycles. The van der Waals surface area contributed by atoms with Crippen LogP contribution >= 0.6 is 0 Å². The third kappa shape index (κ3) is 3.63. The van der Waals surface area contributed by atoms with E-state index >= 15 is 0 Å². The highest BCUT2D eigenvalue weighted by atomic mass is 16.5. The Morgan fingerprint density at radius 2 is 2.20 bits per heavy atom. The monoisotopic (exact) mass is 337 g/mol. The minimum Gasteiger partial charge on any atom is -0.494 e. The molecule has 2 heterocycles. The predicted octanol–water partition coefficient (Wildman–Crippen LogP) is 3.30. The number of aromatic nitrogens is 2. The van der Waals surface area contributed by atoms with Gasteiger partial charge in [-0.15, -0.1) is 6.58 Å². The number of hydrogen-bond donors (Lipinski definition) is 0. The number of ether oxygens (including phenoxy) is 1. The van der Waals surface area contributed by atoms with Crippen LogP contribution in [-0.4, -0.2) is 34.2 Å². The first-order valence-electron chi connectivity index (χ1n) is 7.83. The van der Waals surface area contributed by atoms with Gasteiger partial charge in [-0.05, 0) is 24.3 Å². The Labute approximate surface area is 145 Å². The molecule has 0 spiro atoms. The van der Waals surface area contributed by atoms with Crippen molar-refractivity contribution in [2.75, 3.05) is 13.7 Å². The second-order valence-corrected chi connectivity index (χ2v) is 5.40. The Balaban J connectivity index is 1.84. The minimum atomic E-state index is -0.141. The third-order valence-corrected chi connectivity index (χ3v) is 3.73. The molecule has 0 aliphatic heterocycles. The molecule has 2 aromatic heterocycles. The van der Waals surface area contributed by atoms with Crippen LogP contribution in [0.4, 0.5) is 0 Å². The lowest BCUT2D eigenvalue weighted by molar-refractivity contribution is 0.0752. The number of amides is 1. The number of para-hydroxylation sites is 2. The first kappa shape index (κ1) is 16.6. The summed E-state index contributed by atoms with van der Waals surface area (Å²) in [5.41, 5.74) is 1.25. The van der Waals surface area contributed by atoms with Crippen molar-refractivity contribution in [3.63, 3.8) is 0 Å². The molecule has 0 atom stereocenters. The predicted molar refractivity (Wildman–Crippen MR) is 93.8 cm³/mol. The van der Waals surface area contributed by atoms with Crippen LogP contribution < -0.4 is 4.74 Å². The Morgan fingerprint density at radius 1 is 1.36 bits per heavy atom. The average Bonchev–Trinajstić information content (AvgIpc) is 3.32. The van der Waals surface area contributed by atoms with Crippen LogP contribution in [0.15, 0.2) is 72.1 Å². The Morgan fingerprint density at radius 3 is 2.92 bits per heavy atom. The van der Waals surface area contributed by atoms with E-state index in [0.717, 1.165) is 5.69 Å². The van der Waals surface area contributed by atoms with Crippen molar-refractivity contribution in [1.82, 2.24) is 14.7 Å². The lowest BCUT2D eigenvalue weighted by atomic mass is 10.2. The van der Waals surface area contributed by atoms with Gasteiger partial charge in [0.2, 0.25) is 0 Å². The molecular formula is C19H19N3O3. The van der Waals surface area contributed by atoms with Crippen LogP contribution in [0.25, 0.3) is 5.69 Å². The third-order valence-electron chi connectivity index (χ3n) is 3.73. The first-order valence-corrected chi connectivity index (χ1v) is 7.83. The van der Waals surface area contributed by atoms with Gasteiger partial charge in [0.25, 0.3) is 5.91 Å². The van der Waals surface area contributed by atoms with Crippen molar-refractivity contribution in [2.24, 2.45) is 0 Å². The molecule has 3 rings (SSSR count). The molecule has 0 radical (unpaired) electrons. The number of carbonyl (C=O) groups is 1. The van der Waals surface area contributed by atoms with Crippen LogP contribution in [0.5, 0.6) is 5.75 Å². The molecule has 0 saturated carbocycles. The van der Waals surface area contributed by atoms with E-state index in [-0.39, 0.29) is 5.91 Å². The van der Waals surface area contributed by atoms with E-state index in [9.17, 15) is 4.79 Å². The quantitative estimate of drug-likeness (QED) is 0.621. The van der Waals surface area contributed by atoms with Gasteiger partial charge < -0.3 is 14.1 Å². The number of nitrogens with zero attached hydrogens (tertiary/aromatic N) is 3. The number of benzene rings is 1. The van der Waals surface area contributed by atoms with Gasteiger partial charge in [-0.3, -0.25) is 4.79 Å². The maximum atomic E-state index is 12.8. The highest BCUT2D eigenvalue weighted by molar-refractivity contribution is 5.93. The highest BCUT2D eigenvalue weighted by Crippen LogP contribution is 2.22. The second-order valence-electron chi connectivity index (χ2n) is 5.40. The smallest absolute Gasteiger partial charge is 0.257 e. The van der Waals surface area contributed by atoms with E-state index in [4.69, 9.17) is 9.15 Å². The Hall–Kier alpha value is -3.28. The first-order chi connectivity index (χ1) is 12.2. The molecule has 0 N–H and O–H groups in total. The average molecular weight is 337 g/mol. The van der Waals surface area contributed by atoms with Crippen molar-refractivity contribution >= 4 is 5.91 Å². The van der Waals surface area contributed by atoms with Gasteiger partial charge in [0.05, 0.1) is 31.7 Å². The lowest BCUT2D eigenvalue weighted by Gasteiger charge is -2.19. The maximum Gasteiger partial charge on any atom is 0.257 e. The number of furan rings is 1. The second kappa shape index (κ2) is 7.53. The van der Waals surface area contributed by atoms with E-state index in [2.05, 4.69) is 11.7 Å². The van der Waals surface area contributed by atoms with E-state index in [1.54, 1.807) is 47.5 Å². The van der Waals surface area contributed by atoms with Gasteiger partial charge in [-0.25, -0.2) is 4.68 Å². The van der Waals surface area contributed by atoms with E-state index in [0.29, 0.717) is 30.2 Å². The fourth-order valence-electron chi connectivity index (χ4n) is 2.53. The molecule has 0 unspecified atom stereocenters. The summed E-state index contributed by atoms with van der Waals surface area (Å²) in [5.74, 6) is 1.26. The zero-order chi connectivity index (χ0) is 17.6. The van der Waals surface area contributed by atoms with Gasteiger partial charge in [0, 0.05) is 12.7 Å². The van der Waals surface area contributed by atoms with E-state index < -0.39 is 0 Å². The zero-order valence-corrected chi connectivity index (χ0v) is 14.0. The van der Waals surface area contributed by atoms with Crippen LogP contribution in [0.1, 0.15) is 16.1 Å². The minimum absolute atomic E-state index is 0.141. The summed E-state index contributed by atoms with van der Waals surface area (Å²) in [7, 11) is 1.60. The SMILES string of the molecule is C=CCN(Cc1ccco1)C(=O)c1cnn(-c2ccccc2OC)c1. The van der Waals surface area contributed by atoms with Crippen LogP contribution in [0.3, 0.4) is 0 Å². The summed E-state index contributed by atoms with van der Waals surface area (Å²) >= 11 is 0. The fourth-order valence-corrected chi connectivity index (χ4v) is 2.53. The molecule has 1 amide bonds. The van der Waals surface area contributed by atoms with Crippen molar-refractivity contribution < 1.29 is 13.9 Å². The molecule has 25 heavy (non-hydrogen) atoms. The Bertz CT molecular complexity index is 852. The summed E-state index contributed by atoms with van der Waals surface area (Å²) in [6.07, 6.45) is 6.52. The molecule has 6 nitrogen and oxygen atoms in total. The molecule has 0 saturated heterocycles. The maximum absolute atomic E-state index is 12.8. The normalized spacial score (nSPS) is 10.4.